The van der Waals surface area contributed by atoms with Crippen molar-refractivity contribution in [3.05, 3.63) is 71.2 Å². The Labute approximate surface area is 172 Å². The Morgan fingerprint density at radius 1 is 1.14 bits per heavy atom. The van der Waals surface area contributed by atoms with Gasteiger partial charge in [0.15, 0.2) is 5.82 Å². The van der Waals surface area contributed by atoms with Gasteiger partial charge in [0.2, 0.25) is 0 Å². The summed E-state index contributed by atoms with van der Waals surface area (Å²) in [5.41, 5.74) is 4.73. The predicted octanol–water partition coefficient (Wildman–Crippen LogP) is 4.05. The third kappa shape index (κ3) is 5.22. The van der Waals surface area contributed by atoms with Crippen molar-refractivity contribution in [3.63, 3.8) is 0 Å². The fourth-order valence-corrected chi connectivity index (χ4v) is 3.18. The highest BCUT2D eigenvalue weighted by Gasteiger charge is 2.08. The van der Waals surface area contributed by atoms with Crippen LogP contribution in [0.15, 0.2) is 48.7 Å². The van der Waals surface area contributed by atoms with E-state index in [9.17, 15) is 4.79 Å². The number of pyridine rings is 1. The number of nitrogens with zero attached hydrogens (tertiary/aromatic N) is 4. The van der Waals surface area contributed by atoms with E-state index in [2.05, 4.69) is 34.3 Å². The molecule has 0 atom stereocenters. The van der Waals surface area contributed by atoms with E-state index in [-0.39, 0.29) is 5.91 Å². The van der Waals surface area contributed by atoms with Crippen LogP contribution in [0.5, 0.6) is 0 Å². The van der Waals surface area contributed by atoms with Gasteiger partial charge in [-0.05, 0) is 62.2 Å². The number of carbonyl (C=O) groups is 1. The van der Waals surface area contributed by atoms with E-state index < -0.39 is 0 Å². The van der Waals surface area contributed by atoms with Gasteiger partial charge in [-0.3, -0.25) is 4.79 Å². The van der Waals surface area contributed by atoms with Crippen LogP contribution in [0.3, 0.4) is 0 Å². The average molecular weight is 392 g/mol. The lowest BCUT2D eigenvalue weighted by atomic mass is 10.1. The number of amides is 1. The van der Waals surface area contributed by atoms with E-state index in [1.165, 1.54) is 6.42 Å². The van der Waals surface area contributed by atoms with Gasteiger partial charge in [0.1, 0.15) is 0 Å². The molecule has 0 spiro atoms. The Hall–Kier alpha value is -3.15. The van der Waals surface area contributed by atoms with Crippen molar-refractivity contribution in [1.29, 1.82) is 0 Å². The number of hydrogen-bond donors (Lipinski definition) is 1. The molecule has 6 nitrogen and oxygen atoms in total. The summed E-state index contributed by atoms with van der Waals surface area (Å²) in [6.45, 7) is 7.60. The fourth-order valence-electron chi connectivity index (χ4n) is 3.18. The van der Waals surface area contributed by atoms with E-state index in [0.717, 1.165) is 41.4 Å². The Balaban J connectivity index is 1.57. The zero-order chi connectivity index (χ0) is 20.8. The quantitative estimate of drug-likeness (QED) is 0.629. The van der Waals surface area contributed by atoms with Crippen molar-refractivity contribution >= 4 is 11.6 Å². The van der Waals surface area contributed by atoms with E-state index >= 15 is 0 Å². The lowest BCUT2D eigenvalue weighted by molar-refractivity contribution is 0.0951. The number of aryl methyl sites for hydroxylation is 2. The van der Waals surface area contributed by atoms with E-state index in [4.69, 9.17) is 0 Å². The van der Waals surface area contributed by atoms with Crippen molar-refractivity contribution in [1.82, 2.24) is 20.1 Å². The highest BCUT2D eigenvalue weighted by atomic mass is 16.1. The van der Waals surface area contributed by atoms with Crippen LogP contribution >= 0.6 is 0 Å². The van der Waals surface area contributed by atoms with Gasteiger partial charge >= 0.3 is 0 Å². The summed E-state index contributed by atoms with van der Waals surface area (Å²) in [5.74, 6) is 0.684. The molecule has 0 bridgehead atoms. The second-order valence-corrected chi connectivity index (χ2v) is 7.37. The molecule has 2 heterocycles. The van der Waals surface area contributed by atoms with Crippen LogP contribution in [0.4, 0.5) is 5.69 Å². The summed E-state index contributed by atoms with van der Waals surface area (Å²) < 4.78 is 1.82. The van der Waals surface area contributed by atoms with Crippen molar-refractivity contribution in [3.8, 4) is 5.82 Å². The van der Waals surface area contributed by atoms with Gasteiger partial charge in [-0.15, -0.1) is 0 Å². The second kappa shape index (κ2) is 9.37. The number of unbranched alkanes of at least 4 members (excludes halogenated alkanes) is 1. The first-order valence-electron chi connectivity index (χ1n) is 10.1. The molecule has 152 valence electrons. The molecule has 0 radical (unpaired) electrons. The zero-order valence-corrected chi connectivity index (χ0v) is 17.6. The Kier molecular flexibility index (Phi) is 6.65. The van der Waals surface area contributed by atoms with Crippen LogP contribution in [0.25, 0.3) is 5.82 Å². The molecule has 0 fully saturated rings. The lowest BCUT2D eigenvalue weighted by Gasteiger charge is -2.19. The molecule has 3 rings (SSSR count). The SMILES string of the molecule is CCCCN(C)c1ccc(C(=O)NCc2ccc(-n3nc(C)cc3C)nc2)cc1. The van der Waals surface area contributed by atoms with Gasteiger partial charge in [0.05, 0.1) is 5.69 Å². The van der Waals surface area contributed by atoms with Gasteiger partial charge in [-0.1, -0.05) is 19.4 Å². The Bertz CT molecular complexity index is 944. The van der Waals surface area contributed by atoms with Crippen molar-refractivity contribution in [2.45, 2.75) is 40.2 Å². The standard InChI is InChI=1S/C23H29N5O/c1-5-6-13-27(4)21-10-8-20(9-11-21)23(29)25-16-19-7-12-22(24-15-19)28-18(3)14-17(2)26-28/h7-12,14-15H,5-6,13,16H2,1-4H3,(H,25,29). The van der Waals surface area contributed by atoms with Crippen LogP contribution in [0, 0.1) is 13.8 Å². The van der Waals surface area contributed by atoms with Gasteiger partial charge in [0.25, 0.3) is 5.91 Å². The monoisotopic (exact) mass is 391 g/mol. The van der Waals surface area contributed by atoms with Gasteiger partial charge < -0.3 is 10.2 Å². The first-order chi connectivity index (χ1) is 14.0. The summed E-state index contributed by atoms with van der Waals surface area (Å²) in [6, 6.07) is 13.6. The van der Waals surface area contributed by atoms with Crippen LogP contribution in [0.1, 0.15) is 47.1 Å². The molecule has 0 aliphatic heterocycles. The van der Waals surface area contributed by atoms with Crippen LogP contribution < -0.4 is 10.2 Å². The summed E-state index contributed by atoms with van der Waals surface area (Å²) in [6.07, 6.45) is 4.10. The fraction of sp³-hybridized carbons (Fsp3) is 0.348. The second-order valence-electron chi connectivity index (χ2n) is 7.37. The number of nitrogens with one attached hydrogen (secondary N) is 1. The van der Waals surface area contributed by atoms with Gasteiger partial charge in [-0.25, -0.2) is 9.67 Å². The molecule has 0 aliphatic carbocycles. The molecule has 1 amide bonds. The number of hydrogen-bond acceptors (Lipinski definition) is 4. The van der Waals surface area contributed by atoms with Crippen molar-refractivity contribution in [2.75, 3.05) is 18.5 Å². The normalized spacial score (nSPS) is 10.8. The molecular formula is C23H29N5O. The topological polar surface area (TPSA) is 63.1 Å². The summed E-state index contributed by atoms with van der Waals surface area (Å²) in [4.78, 5) is 19.1. The molecule has 2 aromatic heterocycles. The van der Waals surface area contributed by atoms with Crippen molar-refractivity contribution in [2.24, 2.45) is 0 Å². The Morgan fingerprint density at radius 2 is 1.90 bits per heavy atom. The highest BCUT2D eigenvalue weighted by Crippen LogP contribution is 2.15. The zero-order valence-electron chi connectivity index (χ0n) is 17.6. The smallest absolute Gasteiger partial charge is 0.251 e. The molecule has 0 saturated carbocycles. The maximum Gasteiger partial charge on any atom is 0.251 e. The molecular weight excluding hydrogens is 362 g/mol. The van der Waals surface area contributed by atoms with Crippen LogP contribution in [-0.4, -0.2) is 34.3 Å². The minimum atomic E-state index is -0.0876. The van der Waals surface area contributed by atoms with Crippen LogP contribution in [-0.2, 0) is 6.54 Å². The largest absolute Gasteiger partial charge is 0.375 e. The molecule has 3 aromatic rings. The maximum atomic E-state index is 12.4. The number of benzene rings is 1. The van der Waals surface area contributed by atoms with Gasteiger partial charge in [-0.2, -0.15) is 5.10 Å². The number of aromatic nitrogens is 3. The summed E-state index contributed by atoms with van der Waals surface area (Å²) in [5, 5.41) is 7.40. The number of rotatable bonds is 8. The number of anilines is 1. The minimum absolute atomic E-state index is 0.0876. The average Bonchev–Trinajstić information content (AvgIpc) is 3.08. The molecule has 0 saturated heterocycles. The summed E-state index contributed by atoms with van der Waals surface area (Å²) >= 11 is 0. The number of carbonyl (C=O) groups excluding carboxylic acids is 1. The highest BCUT2D eigenvalue weighted by molar-refractivity contribution is 5.94. The molecule has 1 aromatic carbocycles. The summed E-state index contributed by atoms with van der Waals surface area (Å²) in [7, 11) is 2.08. The molecule has 29 heavy (non-hydrogen) atoms. The maximum absolute atomic E-state index is 12.4. The molecule has 1 N–H and O–H groups in total. The van der Waals surface area contributed by atoms with E-state index in [1.54, 1.807) is 6.20 Å². The Morgan fingerprint density at radius 3 is 2.48 bits per heavy atom. The molecule has 0 aliphatic rings. The van der Waals surface area contributed by atoms with Crippen LogP contribution in [0.2, 0.25) is 0 Å². The molecule has 6 heteroatoms. The van der Waals surface area contributed by atoms with Crippen molar-refractivity contribution < 1.29 is 4.79 Å². The van der Waals surface area contributed by atoms with E-state index in [0.29, 0.717) is 12.1 Å². The minimum Gasteiger partial charge on any atom is -0.375 e. The van der Waals surface area contributed by atoms with E-state index in [1.807, 2.05) is 61.0 Å². The first kappa shape index (κ1) is 20.6. The lowest BCUT2D eigenvalue weighted by Crippen LogP contribution is -2.23. The third-order valence-corrected chi connectivity index (χ3v) is 4.91. The predicted molar refractivity (Wildman–Crippen MR) is 117 cm³/mol. The third-order valence-electron chi connectivity index (χ3n) is 4.91. The van der Waals surface area contributed by atoms with Gasteiger partial charge in [0, 0.05) is 43.3 Å². The molecule has 0 unspecified atom stereocenters. The first-order valence-corrected chi connectivity index (χ1v) is 10.1.